The Morgan fingerprint density at radius 2 is 1.93 bits per heavy atom. The molecular formula is C20H12FN3O4. The Morgan fingerprint density at radius 3 is 2.61 bits per heavy atom. The standard InChI is InChI=1S/C20H12FN3O4/c21-15-4-6-16(7-5-15)23-20(25)14(12-22)11-18-8-9-19(28-18)13-2-1-3-17(10-13)24(26)27/h1-11H,(H,23,25). The van der Waals surface area contributed by atoms with E-state index in [0.29, 0.717) is 17.0 Å². The zero-order valence-corrected chi connectivity index (χ0v) is 14.3. The van der Waals surface area contributed by atoms with Crippen LogP contribution < -0.4 is 5.32 Å². The molecule has 1 amide bonds. The molecule has 3 rings (SSSR count). The number of nitro groups is 1. The van der Waals surface area contributed by atoms with Crippen molar-refractivity contribution in [2.75, 3.05) is 5.32 Å². The van der Waals surface area contributed by atoms with E-state index < -0.39 is 16.6 Å². The van der Waals surface area contributed by atoms with Crippen molar-refractivity contribution in [1.82, 2.24) is 0 Å². The monoisotopic (exact) mass is 377 g/mol. The molecule has 0 atom stereocenters. The van der Waals surface area contributed by atoms with Crippen LogP contribution in [0.15, 0.2) is 70.7 Å². The quantitative estimate of drug-likeness (QED) is 0.304. The fourth-order valence-corrected chi connectivity index (χ4v) is 2.38. The molecule has 3 aromatic rings. The summed E-state index contributed by atoms with van der Waals surface area (Å²) in [6.45, 7) is 0. The van der Waals surface area contributed by atoms with Gasteiger partial charge in [-0.15, -0.1) is 0 Å². The average molecular weight is 377 g/mol. The number of rotatable bonds is 5. The minimum Gasteiger partial charge on any atom is -0.457 e. The smallest absolute Gasteiger partial charge is 0.270 e. The molecular weight excluding hydrogens is 365 g/mol. The highest BCUT2D eigenvalue weighted by Crippen LogP contribution is 2.26. The predicted molar refractivity (Wildman–Crippen MR) is 99.4 cm³/mol. The number of non-ortho nitro benzene ring substituents is 1. The molecule has 1 aromatic heterocycles. The number of carbonyl (C=O) groups is 1. The number of benzene rings is 2. The first-order valence-corrected chi connectivity index (χ1v) is 7.99. The van der Waals surface area contributed by atoms with Crippen LogP contribution in [0.5, 0.6) is 0 Å². The van der Waals surface area contributed by atoms with Crippen LogP contribution in [0.4, 0.5) is 15.8 Å². The van der Waals surface area contributed by atoms with Gasteiger partial charge in [-0.2, -0.15) is 5.26 Å². The van der Waals surface area contributed by atoms with Crippen molar-refractivity contribution >= 4 is 23.4 Å². The van der Waals surface area contributed by atoms with E-state index in [-0.39, 0.29) is 17.0 Å². The molecule has 1 N–H and O–H groups in total. The second-order valence-corrected chi connectivity index (χ2v) is 5.64. The highest BCUT2D eigenvalue weighted by molar-refractivity contribution is 6.09. The van der Waals surface area contributed by atoms with Gasteiger partial charge in [-0.25, -0.2) is 4.39 Å². The van der Waals surface area contributed by atoms with Crippen molar-refractivity contribution in [3.8, 4) is 17.4 Å². The lowest BCUT2D eigenvalue weighted by Crippen LogP contribution is -2.13. The normalized spacial score (nSPS) is 10.9. The Kier molecular flexibility index (Phi) is 5.28. The molecule has 1 heterocycles. The van der Waals surface area contributed by atoms with Crippen molar-refractivity contribution in [1.29, 1.82) is 5.26 Å². The second-order valence-electron chi connectivity index (χ2n) is 5.64. The van der Waals surface area contributed by atoms with Crippen LogP contribution in [-0.4, -0.2) is 10.8 Å². The minimum absolute atomic E-state index is 0.0811. The van der Waals surface area contributed by atoms with Crippen LogP contribution in [0.3, 0.4) is 0 Å². The van der Waals surface area contributed by atoms with Gasteiger partial charge < -0.3 is 9.73 Å². The topological polar surface area (TPSA) is 109 Å². The predicted octanol–water partition coefficient (Wildman–Crippen LogP) is 4.54. The summed E-state index contributed by atoms with van der Waals surface area (Å²) in [6, 6.07) is 15.9. The van der Waals surface area contributed by atoms with E-state index in [4.69, 9.17) is 4.42 Å². The van der Waals surface area contributed by atoms with Gasteiger partial charge in [0.1, 0.15) is 29.0 Å². The Labute approximate surface area is 158 Å². The van der Waals surface area contributed by atoms with Crippen molar-refractivity contribution < 1.29 is 18.5 Å². The third-order valence-electron chi connectivity index (χ3n) is 3.72. The van der Waals surface area contributed by atoms with Gasteiger partial charge in [-0.3, -0.25) is 14.9 Å². The van der Waals surface area contributed by atoms with E-state index >= 15 is 0 Å². The third-order valence-corrected chi connectivity index (χ3v) is 3.72. The third kappa shape index (κ3) is 4.28. The molecule has 0 unspecified atom stereocenters. The molecule has 7 nitrogen and oxygen atoms in total. The van der Waals surface area contributed by atoms with E-state index in [1.807, 2.05) is 0 Å². The maximum atomic E-state index is 12.9. The summed E-state index contributed by atoms with van der Waals surface area (Å²) >= 11 is 0. The maximum Gasteiger partial charge on any atom is 0.270 e. The number of nitrogens with one attached hydrogen (secondary N) is 1. The first-order valence-electron chi connectivity index (χ1n) is 7.99. The van der Waals surface area contributed by atoms with Gasteiger partial charge in [0.05, 0.1) is 4.92 Å². The Morgan fingerprint density at radius 1 is 1.18 bits per heavy atom. The molecule has 138 valence electrons. The Balaban J connectivity index is 1.81. The number of amides is 1. The molecule has 0 saturated heterocycles. The first-order chi connectivity index (χ1) is 13.5. The van der Waals surface area contributed by atoms with E-state index in [2.05, 4.69) is 5.32 Å². The van der Waals surface area contributed by atoms with Crippen LogP contribution in [0, 0.1) is 27.3 Å². The fourth-order valence-electron chi connectivity index (χ4n) is 2.38. The summed E-state index contributed by atoms with van der Waals surface area (Å²) in [5, 5.41) is 22.6. The second kappa shape index (κ2) is 7.97. The fraction of sp³-hybridized carbons (Fsp3) is 0. The van der Waals surface area contributed by atoms with Gasteiger partial charge in [0.15, 0.2) is 0 Å². The zero-order valence-electron chi connectivity index (χ0n) is 14.3. The van der Waals surface area contributed by atoms with Gasteiger partial charge >= 0.3 is 0 Å². The largest absolute Gasteiger partial charge is 0.457 e. The maximum absolute atomic E-state index is 12.9. The number of nitriles is 1. The van der Waals surface area contributed by atoms with Gasteiger partial charge in [0.2, 0.25) is 0 Å². The minimum atomic E-state index is -0.678. The first kappa shape index (κ1) is 18.5. The Bertz CT molecular complexity index is 1110. The van der Waals surface area contributed by atoms with Gasteiger partial charge in [-0.05, 0) is 36.4 Å². The lowest BCUT2D eigenvalue weighted by Gasteiger charge is -2.03. The van der Waals surface area contributed by atoms with Crippen LogP contribution >= 0.6 is 0 Å². The lowest BCUT2D eigenvalue weighted by molar-refractivity contribution is -0.384. The molecule has 28 heavy (non-hydrogen) atoms. The van der Waals surface area contributed by atoms with Gasteiger partial charge in [0.25, 0.3) is 11.6 Å². The molecule has 0 bridgehead atoms. The number of furan rings is 1. The SMILES string of the molecule is N#CC(=Cc1ccc(-c2cccc([N+](=O)[O-])c2)o1)C(=O)Nc1ccc(F)cc1. The van der Waals surface area contributed by atoms with Crippen LogP contribution in [-0.2, 0) is 4.79 Å². The van der Waals surface area contributed by atoms with E-state index in [0.717, 1.165) is 0 Å². The van der Waals surface area contributed by atoms with Crippen LogP contribution in [0.2, 0.25) is 0 Å². The van der Waals surface area contributed by atoms with E-state index in [9.17, 15) is 24.6 Å². The summed E-state index contributed by atoms with van der Waals surface area (Å²) in [7, 11) is 0. The summed E-state index contributed by atoms with van der Waals surface area (Å²) in [6.07, 6.45) is 1.25. The lowest BCUT2D eigenvalue weighted by atomic mass is 10.1. The zero-order chi connectivity index (χ0) is 20.1. The van der Waals surface area contributed by atoms with Gasteiger partial charge in [-0.1, -0.05) is 12.1 Å². The molecule has 0 spiro atoms. The molecule has 0 aliphatic carbocycles. The summed E-state index contributed by atoms with van der Waals surface area (Å²) < 4.78 is 18.5. The van der Waals surface area contributed by atoms with Crippen molar-refractivity contribution in [2.24, 2.45) is 0 Å². The number of anilines is 1. The summed E-state index contributed by atoms with van der Waals surface area (Å²) in [4.78, 5) is 22.6. The number of halogens is 1. The number of nitrogens with zero attached hydrogens (tertiary/aromatic N) is 2. The van der Waals surface area contributed by atoms with Crippen molar-refractivity contribution in [3.05, 3.63) is 87.9 Å². The average Bonchev–Trinajstić information content (AvgIpc) is 3.16. The molecule has 0 fully saturated rings. The number of hydrogen-bond donors (Lipinski definition) is 1. The number of hydrogen-bond acceptors (Lipinski definition) is 5. The van der Waals surface area contributed by atoms with Crippen LogP contribution in [0.25, 0.3) is 17.4 Å². The highest BCUT2D eigenvalue weighted by atomic mass is 19.1. The molecule has 0 saturated carbocycles. The summed E-state index contributed by atoms with van der Waals surface area (Å²) in [5.74, 6) is -0.542. The number of nitro benzene ring substituents is 1. The molecule has 0 aliphatic heterocycles. The molecule has 0 radical (unpaired) electrons. The molecule has 8 heteroatoms. The van der Waals surface area contributed by atoms with Crippen molar-refractivity contribution in [3.63, 3.8) is 0 Å². The summed E-state index contributed by atoms with van der Waals surface area (Å²) in [5.41, 5.74) is 0.527. The van der Waals surface area contributed by atoms with E-state index in [1.54, 1.807) is 18.2 Å². The highest BCUT2D eigenvalue weighted by Gasteiger charge is 2.13. The molecule has 0 aliphatic rings. The molecule has 2 aromatic carbocycles. The van der Waals surface area contributed by atoms with Crippen LogP contribution in [0.1, 0.15) is 5.76 Å². The number of carbonyl (C=O) groups excluding carboxylic acids is 1. The van der Waals surface area contributed by atoms with Crippen molar-refractivity contribution in [2.45, 2.75) is 0 Å². The van der Waals surface area contributed by atoms with Gasteiger partial charge in [0, 0.05) is 29.5 Å². The Hall–Kier alpha value is -4.25. The van der Waals surface area contributed by atoms with E-state index in [1.165, 1.54) is 54.6 Å².